The van der Waals surface area contributed by atoms with Gasteiger partial charge in [0, 0.05) is 16.8 Å². The van der Waals surface area contributed by atoms with Crippen molar-refractivity contribution in [3.05, 3.63) is 83.8 Å². The first-order valence-corrected chi connectivity index (χ1v) is 16.8. The normalized spacial score (nSPS) is 12.4. The molecule has 0 bridgehead atoms. The standard InChI is InChI=1S/C27H18N6O10S3.ClH/c1-43-26-14-25(23-13-20(46(40,41)42)7-8-21(23)27(26)29-28)33-32-24-11-17(9-15-5-6-19(12-22(15)24)45(37,38)39)31-30-16-3-2-4-18(10-16)44(34,35)36;/h2-14H,1H3,(H2-,34,35,36,37,38,39,40,41,42);1H. The molecular weight excluding hydrogens is 700 g/mol. The second-order valence-corrected chi connectivity index (χ2v) is 13.7. The number of azo groups is 2. The monoisotopic (exact) mass is 718 g/mol. The Hall–Kier alpha value is -4.94. The van der Waals surface area contributed by atoms with Gasteiger partial charge in [-0.2, -0.15) is 35.5 Å². The number of rotatable bonds is 8. The van der Waals surface area contributed by atoms with E-state index in [0.717, 1.165) is 36.4 Å². The van der Waals surface area contributed by atoms with Crippen molar-refractivity contribution in [2.45, 2.75) is 14.7 Å². The minimum atomic E-state index is -4.65. The highest BCUT2D eigenvalue weighted by molar-refractivity contribution is 7.86. The van der Waals surface area contributed by atoms with Crippen LogP contribution in [0.3, 0.4) is 0 Å². The Morgan fingerprint density at radius 3 is 1.77 bits per heavy atom. The van der Waals surface area contributed by atoms with Gasteiger partial charge >= 0.3 is 5.69 Å². The maximum Gasteiger partial charge on any atom is 0.434 e. The van der Waals surface area contributed by atoms with Crippen molar-refractivity contribution in [1.29, 1.82) is 5.39 Å². The molecule has 5 aromatic carbocycles. The molecule has 0 heterocycles. The van der Waals surface area contributed by atoms with Gasteiger partial charge in [0.2, 0.25) is 11.1 Å². The molecule has 0 aliphatic rings. The van der Waals surface area contributed by atoms with Crippen LogP contribution in [0.15, 0.2) is 114 Å². The summed E-state index contributed by atoms with van der Waals surface area (Å²) >= 11 is 0. The Balaban J connectivity index is 0.00000500. The zero-order chi connectivity index (χ0) is 33.4. The molecule has 0 unspecified atom stereocenters. The van der Waals surface area contributed by atoms with Crippen LogP contribution in [0.2, 0.25) is 0 Å². The second-order valence-electron chi connectivity index (χ2n) is 9.42. The van der Waals surface area contributed by atoms with Crippen molar-refractivity contribution in [3.8, 4) is 5.75 Å². The molecule has 0 amide bonds. The Bertz CT molecular complexity index is 2520. The van der Waals surface area contributed by atoms with Crippen molar-refractivity contribution < 1.29 is 56.1 Å². The molecule has 5 rings (SSSR count). The molecule has 5 aromatic rings. The van der Waals surface area contributed by atoms with Crippen molar-refractivity contribution in [2.75, 3.05) is 7.11 Å². The first-order valence-electron chi connectivity index (χ1n) is 12.5. The molecule has 0 radical (unpaired) electrons. The fraction of sp³-hybridized carbons (Fsp3) is 0.0370. The van der Waals surface area contributed by atoms with Crippen molar-refractivity contribution in [1.82, 2.24) is 0 Å². The number of methoxy groups -OCH3 is 1. The zero-order valence-corrected chi connectivity index (χ0v) is 26.7. The number of hydrogen-bond acceptors (Lipinski definition) is 12. The van der Waals surface area contributed by atoms with E-state index < -0.39 is 45.0 Å². The predicted octanol–water partition coefficient (Wildman–Crippen LogP) is 4.06. The van der Waals surface area contributed by atoms with Gasteiger partial charge in [-0.25, -0.2) is 0 Å². The average molecular weight is 719 g/mol. The molecule has 0 spiro atoms. The predicted molar refractivity (Wildman–Crippen MR) is 163 cm³/mol. The fourth-order valence-corrected chi connectivity index (χ4v) is 5.91. The van der Waals surface area contributed by atoms with Crippen molar-refractivity contribution in [2.24, 2.45) is 20.5 Å². The quantitative estimate of drug-likeness (QED) is 0.117. The Morgan fingerprint density at radius 1 is 0.617 bits per heavy atom. The first kappa shape index (κ1) is 34.9. The number of benzene rings is 5. The molecule has 47 heavy (non-hydrogen) atoms. The van der Waals surface area contributed by atoms with E-state index in [2.05, 4.69) is 25.4 Å². The summed E-state index contributed by atoms with van der Waals surface area (Å²) in [5, 5.41) is 27.0. The van der Waals surface area contributed by atoms with E-state index in [4.69, 9.17) is 4.74 Å². The second kappa shape index (κ2) is 13.0. The highest BCUT2D eigenvalue weighted by Crippen LogP contribution is 2.43. The number of ether oxygens (including phenoxy) is 1. The maximum atomic E-state index is 11.9. The summed E-state index contributed by atoms with van der Waals surface area (Å²) in [6, 6.07) is 16.2. The molecule has 0 saturated heterocycles. The third-order valence-corrected chi connectivity index (χ3v) is 9.04. The molecule has 0 saturated carbocycles. The molecule has 20 heteroatoms. The number of diazo groups is 1. The molecule has 16 nitrogen and oxygen atoms in total. The van der Waals surface area contributed by atoms with Gasteiger partial charge in [-0.15, -0.1) is 10.2 Å². The highest BCUT2D eigenvalue weighted by atomic mass is 35.5. The van der Waals surface area contributed by atoms with Crippen LogP contribution < -0.4 is 17.1 Å². The highest BCUT2D eigenvalue weighted by Gasteiger charge is 2.25. The van der Waals surface area contributed by atoms with Gasteiger partial charge in [-0.05, 0) is 66.0 Å². The number of fused-ring (bicyclic) bond motifs is 2. The van der Waals surface area contributed by atoms with Crippen LogP contribution in [0.1, 0.15) is 0 Å². The van der Waals surface area contributed by atoms with Crippen LogP contribution >= 0.6 is 0 Å². The van der Waals surface area contributed by atoms with E-state index in [1.54, 1.807) is 0 Å². The van der Waals surface area contributed by atoms with Crippen LogP contribution in [0.25, 0.3) is 26.5 Å². The summed E-state index contributed by atoms with van der Waals surface area (Å²) in [7, 11) is -12.5. The Labute approximate surface area is 272 Å². The third-order valence-electron chi connectivity index (χ3n) is 6.49. The lowest BCUT2D eigenvalue weighted by Gasteiger charge is -2.07. The van der Waals surface area contributed by atoms with Gasteiger partial charge in [-0.3, -0.25) is 13.7 Å². The zero-order valence-electron chi connectivity index (χ0n) is 23.5. The smallest absolute Gasteiger partial charge is 0.434 e. The lowest BCUT2D eigenvalue weighted by Crippen LogP contribution is -3.00. The Morgan fingerprint density at radius 2 is 1.17 bits per heavy atom. The summed E-state index contributed by atoms with van der Waals surface area (Å²) in [5.41, 5.74) is 0.129. The molecule has 3 N–H and O–H groups in total. The summed E-state index contributed by atoms with van der Waals surface area (Å²) in [6.45, 7) is 0. The molecule has 0 aliphatic carbocycles. The summed E-state index contributed by atoms with van der Waals surface area (Å²) in [5.74, 6) is 0.0248. The van der Waals surface area contributed by atoms with Crippen LogP contribution in [0.4, 0.5) is 28.4 Å². The van der Waals surface area contributed by atoms with E-state index in [1.165, 1.54) is 49.6 Å². The number of hydrogen-bond donors (Lipinski definition) is 3. The van der Waals surface area contributed by atoms with E-state index in [9.17, 15) is 44.3 Å². The molecule has 242 valence electrons. The third kappa shape index (κ3) is 7.55. The van der Waals surface area contributed by atoms with Crippen molar-refractivity contribution in [3.63, 3.8) is 0 Å². The minimum Gasteiger partial charge on any atom is -1.00 e. The van der Waals surface area contributed by atoms with E-state index in [1.807, 2.05) is 0 Å². The SMILES string of the molecule is COc1cc(N=Nc2cc(N=Nc3cccc(S(=O)(=O)O)c3)cc3ccc(S(=O)(=O)O)cc23)c2cc(S(=O)(=O)O)ccc2c1[N+]#N.[Cl-]. The fourth-order valence-electron chi connectivity index (χ4n) is 4.38. The van der Waals surface area contributed by atoms with Crippen LogP contribution in [-0.4, -0.2) is 46.0 Å². The Kier molecular flexibility index (Phi) is 9.70. The lowest BCUT2D eigenvalue weighted by molar-refractivity contribution is -0.0000218. The number of halogens is 1. The van der Waals surface area contributed by atoms with E-state index in [-0.39, 0.29) is 62.8 Å². The van der Waals surface area contributed by atoms with Crippen LogP contribution in [0.5, 0.6) is 5.75 Å². The molecule has 0 fully saturated rings. The summed E-state index contributed by atoms with van der Waals surface area (Å²) < 4.78 is 104. The summed E-state index contributed by atoms with van der Waals surface area (Å²) in [6.07, 6.45) is 0. The van der Waals surface area contributed by atoms with Gasteiger partial charge in [0.25, 0.3) is 30.4 Å². The van der Waals surface area contributed by atoms with Gasteiger partial charge in [0.1, 0.15) is 0 Å². The maximum absolute atomic E-state index is 11.9. The first-order chi connectivity index (χ1) is 21.6. The molecule has 0 aliphatic heterocycles. The van der Waals surface area contributed by atoms with Crippen molar-refractivity contribution >= 4 is 80.3 Å². The molecule has 0 aromatic heterocycles. The summed E-state index contributed by atoms with van der Waals surface area (Å²) in [4.78, 5) is 1.86. The average Bonchev–Trinajstić information content (AvgIpc) is 3.00. The molecule has 0 atom stereocenters. The van der Waals surface area contributed by atoms with E-state index in [0.29, 0.717) is 5.39 Å². The van der Waals surface area contributed by atoms with E-state index >= 15 is 0 Å². The van der Waals surface area contributed by atoms with Gasteiger partial charge in [0.15, 0.2) is 4.98 Å². The van der Waals surface area contributed by atoms with Crippen LogP contribution in [0, 0.1) is 5.39 Å². The lowest BCUT2D eigenvalue weighted by atomic mass is 10.1. The molecular formula is C27H19ClN6O10S3. The van der Waals surface area contributed by atoms with Crippen LogP contribution in [-0.2, 0) is 30.4 Å². The van der Waals surface area contributed by atoms with Gasteiger partial charge < -0.3 is 17.1 Å². The van der Waals surface area contributed by atoms with Gasteiger partial charge in [0.05, 0.1) is 49.9 Å². The topological polar surface area (TPSA) is 250 Å². The minimum absolute atomic E-state index is 0. The largest absolute Gasteiger partial charge is 1.00 e. The number of nitrogens with zero attached hydrogens (tertiary/aromatic N) is 6. The van der Waals surface area contributed by atoms with Gasteiger partial charge in [-0.1, -0.05) is 12.1 Å².